The Bertz CT molecular complexity index is 159. The third-order valence-corrected chi connectivity index (χ3v) is 4.14. The van der Waals surface area contributed by atoms with E-state index in [0.717, 1.165) is 24.3 Å². The summed E-state index contributed by atoms with van der Waals surface area (Å²) in [6.07, 6.45) is 7.23. The zero-order chi connectivity index (χ0) is 11.3. The molecule has 0 spiro atoms. The Hall–Kier alpha value is -0.0400. The zero-order valence-corrected chi connectivity index (χ0v) is 11.1. The quantitative estimate of drug-likeness (QED) is 0.728. The van der Waals surface area contributed by atoms with Crippen LogP contribution >= 0.6 is 0 Å². The van der Waals surface area contributed by atoms with Crippen LogP contribution in [0.4, 0.5) is 0 Å². The molecule has 1 nitrogen and oxygen atoms in total. The van der Waals surface area contributed by atoms with Crippen LogP contribution in [-0.4, -0.2) is 12.6 Å². The van der Waals surface area contributed by atoms with Gasteiger partial charge in [-0.1, -0.05) is 33.6 Å². The van der Waals surface area contributed by atoms with E-state index in [0.29, 0.717) is 6.04 Å². The molecule has 15 heavy (non-hydrogen) atoms. The summed E-state index contributed by atoms with van der Waals surface area (Å²) in [5.74, 6) is 2.90. The highest BCUT2D eigenvalue weighted by atomic mass is 14.9. The average molecular weight is 211 g/mol. The molecule has 1 rings (SSSR count). The lowest BCUT2D eigenvalue weighted by molar-refractivity contribution is 0.205. The third-order valence-electron chi connectivity index (χ3n) is 4.14. The zero-order valence-electron chi connectivity index (χ0n) is 11.1. The number of rotatable bonds is 5. The molecule has 1 heteroatoms. The SMILES string of the molecule is CCNC(C)CC(C)C1CCC(C)CC1. The van der Waals surface area contributed by atoms with Crippen molar-refractivity contribution in [2.75, 3.05) is 6.54 Å². The Morgan fingerprint density at radius 2 is 1.73 bits per heavy atom. The third kappa shape index (κ3) is 4.55. The second-order valence-corrected chi connectivity index (χ2v) is 5.69. The molecule has 2 atom stereocenters. The van der Waals surface area contributed by atoms with Crippen molar-refractivity contribution in [1.29, 1.82) is 0 Å². The molecule has 0 aromatic carbocycles. The van der Waals surface area contributed by atoms with E-state index >= 15 is 0 Å². The molecular weight excluding hydrogens is 182 g/mol. The number of nitrogens with one attached hydrogen (secondary N) is 1. The Morgan fingerprint density at radius 1 is 1.13 bits per heavy atom. The average Bonchev–Trinajstić information content (AvgIpc) is 2.18. The molecule has 1 saturated carbocycles. The Labute approximate surface area is 96.0 Å². The Kier molecular flexibility index (Phi) is 5.66. The standard InChI is InChI=1S/C14H29N/c1-5-15-13(4)10-12(3)14-8-6-11(2)7-9-14/h11-15H,5-10H2,1-4H3. The van der Waals surface area contributed by atoms with Gasteiger partial charge in [0, 0.05) is 6.04 Å². The van der Waals surface area contributed by atoms with Gasteiger partial charge in [-0.3, -0.25) is 0 Å². The molecule has 1 N–H and O–H groups in total. The van der Waals surface area contributed by atoms with Gasteiger partial charge in [-0.15, -0.1) is 0 Å². The summed E-state index contributed by atoms with van der Waals surface area (Å²) in [5, 5.41) is 3.52. The maximum Gasteiger partial charge on any atom is 0.00412 e. The first-order chi connectivity index (χ1) is 7.13. The van der Waals surface area contributed by atoms with Crippen molar-refractivity contribution in [2.24, 2.45) is 17.8 Å². The van der Waals surface area contributed by atoms with Gasteiger partial charge in [-0.2, -0.15) is 0 Å². The lowest BCUT2D eigenvalue weighted by Crippen LogP contribution is -2.30. The molecule has 0 radical (unpaired) electrons. The summed E-state index contributed by atoms with van der Waals surface area (Å²) >= 11 is 0. The number of hydrogen-bond donors (Lipinski definition) is 1. The predicted octanol–water partition coefficient (Wildman–Crippen LogP) is 3.84. The minimum absolute atomic E-state index is 0.698. The second kappa shape index (κ2) is 6.52. The molecule has 0 saturated heterocycles. The minimum atomic E-state index is 0.698. The van der Waals surface area contributed by atoms with Gasteiger partial charge in [-0.25, -0.2) is 0 Å². The van der Waals surface area contributed by atoms with Crippen LogP contribution in [0.2, 0.25) is 0 Å². The van der Waals surface area contributed by atoms with E-state index in [-0.39, 0.29) is 0 Å². The minimum Gasteiger partial charge on any atom is -0.315 e. The molecule has 0 aromatic rings. The van der Waals surface area contributed by atoms with Crippen molar-refractivity contribution in [3.8, 4) is 0 Å². The van der Waals surface area contributed by atoms with Crippen LogP contribution in [0.5, 0.6) is 0 Å². The van der Waals surface area contributed by atoms with Gasteiger partial charge in [-0.05, 0) is 50.5 Å². The largest absolute Gasteiger partial charge is 0.315 e. The smallest absolute Gasteiger partial charge is 0.00412 e. The lowest BCUT2D eigenvalue weighted by atomic mass is 9.75. The van der Waals surface area contributed by atoms with Gasteiger partial charge in [0.05, 0.1) is 0 Å². The van der Waals surface area contributed by atoms with Crippen molar-refractivity contribution in [3.05, 3.63) is 0 Å². The first kappa shape index (κ1) is 13.0. The maximum atomic E-state index is 3.52. The molecule has 90 valence electrons. The summed E-state index contributed by atoms with van der Waals surface area (Å²) in [4.78, 5) is 0. The van der Waals surface area contributed by atoms with Crippen LogP contribution in [0, 0.1) is 17.8 Å². The van der Waals surface area contributed by atoms with Gasteiger partial charge >= 0.3 is 0 Å². The van der Waals surface area contributed by atoms with E-state index in [2.05, 4.69) is 33.0 Å². The predicted molar refractivity (Wildman–Crippen MR) is 68.0 cm³/mol. The van der Waals surface area contributed by atoms with E-state index in [1.165, 1.54) is 32.1 Å². The van der Waals surface area contributed by atoms with Crippen molar-refractivity contribution in [3.63, 3.8) is 0 Å². The van der Waals surface area contributed by atoms with Crippen molar-refractivity contribution < 1.29 is 0 Å². The summed E-state index contributed by atoms with van der Waals surface area (Å²) in [5.41, 5.74) is 0. The van der Waals surface area contributed by atoms with E-state index in [1.807, 2.05) is 0 Å². The lowest BCUT2D eigenvalue weighted by Gasteiger charge is -2.32. The fourth-order valence-corrected chi connectivity index (χ4v) is 3.04. The Balaban J connectivity index is 2.24. The summed E-state index contributed by atoms with van der Waals surface area (Å²) in [7, 11) is 0. The van der Waals surface area contributed by atoms with Crippen LogP contribution in [0.3, 0.4) is 0 Å². The van der Waals surface area contributed by atoms with E-state index < -0.39 is 0 Å². The van der Waals surface area contributed by atoms with Crippen LogP contribution in [0.15, 0.2) is 0 Å². The van der Waals surface area contributed by atoms with Crippen molar-refractivity contribution in [2.45, 2.75) is 65.8 Å². The highest BCUT2D eigenvalue weighted by Gasteiger charge is 2.23. The molecule has 2 unspecified atom stereocenters. The van der Waals surface area contributed by atoms with Crippen LogP contribution in [-0.2, 0) is 0 Å². The highest BCUT2D eigenvalue weighted by Crippen LogP contribution is 2.34. The highest BCUT2D eigenvalue weighted by molar-refractivity contribution is 4.76. The monoisotopic (exact) mass is 211 g/mol. The van der Waals surface area contributed by atoms with Gasteiger partial charge in [0.15, 0.2) is 0 Å². The Morgan fingerprint density at radius 3 is 2.27 bits per heavy atom. The van der Waals surface area contributed by atoms with E-state index in [1.54, 1.807) is 0 Å². The summed E-state index contributed by atoms with van der Waals surface area (Å²) in [6.45, 7) is 10.5. The summed E-state index contributed by atoms with van der Waals surface area (Å²) in [6, 6.07) is 0.698. The van der Waals surface area contributed by atoms with Crippen molar-refractivity contribution >= 4 is 0 Å². The van der Waals surface area contributed by atoms with Crippen molar-refractivity contribution in [1.82, 2.24) is 5.32 Å². The fourth-order valence-electron chi connectivity index (χ4n) is 3.04. The van der Waals surface area contributed by atoms with Crippen LogP contribution in [0.1, 0.15) is 59.8 Å². The van der Waals surface area contributed by atoms with Gasteiger partial charge < -0.3 is 5.32 Å². The summed E-state index contributed by atoms with van der Waals surface area (Å²) < 4.78 is 0. The molecule has 0 bridgehead atoms. The van der Waals surface area contributed by atoms with Gasteiger partial charge in [0.25, 0.3) is 0 Å². The molecule has 1 aliphatic carbocycles. The molecule has 0 heterocycles. The molecule has 1 aliphatic rings. The molecular formula is C14H29N. The van der Waals surface area contributed by atoms with E-state index in [4.69, 9.17) is 0 Å². The topological polar surface area (TPSA) is 12.0 Å². The van der Waals surface area contributed by atoms with Crippen LogP contribution in [0.25, 0.3) is 0 Å². The molecule has 0 amide bonds. The maximum absolute atomic E-state index is 3.52. The number of hydrogen-bond acceptors (Lipinski definition) is 1. The molecule has 0 aromatic heterocycles. The second-order valence-electron chi connectivity index (χ2n) is 5.69. The van der Waals surface area contributed by atoms with E-state index in [9.17, 15) is 0 Å². The van der Waals surface area contributed by atoms with Crippen LogP contribution < -0.4 is 5.32 Å². The normalized spacial score (nSPS) is 31.2. The van der Waals surface area contributed by atoms with Gasteiger partial charge in [0.2, 0.25) is 0 Å². The molecule has 0 aliphatic heterocycles. The fraction of sp³-hybridized carbons (Fsp3) is 1.00. The van der Waals surface area contributed by atoms with Gasteiger partial charge in [0.1, 0.15) is 0 Å². The first-order valence-corrected chi connectivity index (χ1v) is 6.86. The molecule has 1 fully saturated rings. The first-order valence-electron chi connectivity index (χ1n) is 6.86.